The summed E-state index contributed by atoms with van der Waals surface area (Å²) >= 11 is 0. The molecule has 5 nitrogen and oxygen atoms in total. The van der Waals surface area contributed by atoms with Gasteiger partial charge in [-0.2, -0.15) is 0 Å². The van der Waals surface area contributed by atoms with Gasteiger partial charge in [-0.15, -0.1) is 0 Å². The first-order chi connectivity index (χ1) is 8.49. The summed E-state index contributed by atoms with van der Waals surface area (Å²) in [6, 6.07) is 13.9. The molecule has 0 unspecified atom stereocenters. The van der Waals surface area contributed by atoms with Crippen LogP contribution in [0.4, 0.5) is 0 Å². The minimum absolute atomic E-state index is 0.257. The normalized spacial score (nSPS) is 9.28. The lowest BCUT2D eigenvalue weighted by Crippen LogP contribution is -2.07. The molecule has 0 atom stereocenters. The Morgan fingerprint density at radius 3 is 1.00 bits per heavy atom. The van der Waals surface area contributed by atoms with E-state index in [4.69, 9.17) is 25.3 Å². The minimum atomic E-state index is -2.17. The highest BCUT2D eigenvalue weighted by Gasteiger charge is 1.97. The Bertz CT molecular complexity index is 421. The number of phenolic OH excluding ortho intramolecular Hbond substituents is 2. The van der Waals surface area contributed by atoms with E-state index in [2.05, 4.69) is 0 Å². The molecule has 0 radical (unpaired) electrons. The summed E-state index contributed by atoms with van der Waals surface area (Å²) in [5, 5.41) is 39.7. The number of rotatable bonds is 1. The van der Waals surface area contributed by atoms with Crippen molar-refractivity contribution >= 4 is 7.32 Å². The highest BCUT2D eigenvalue weighted by Crippen LogP contribution is 2.23. The fourth-order valence-electron chi connectivity index (χ4n) is 1.31. The monoisotopic (exact) mass is 248 g/mol. The van der Waals surface area contributed by atoms with Crippen molar-refractivity contribution in [3.63, 3.8) is 0 Å². The molecule has 0 aliphatic carbocycles. The Kier molecular flexibility index (Phi) is 5.19. The molecule has 0 aromatic heterocycles. The van der Waals surface area contributed by atoms with Crippen LogP contribution in [0.5, 0.6) is 11.5 Å². The molecule has 0 aliphatic rings. The third-order valence-corrected chi connectivity index (χ3v) is 2.07. The minimum Gasteiger partial charge on any atom is -0.508 e. The zero-order valence-corrected chi connectivity index (χ0v) is 9.43. The first-order valence-corrected chi connectivity index (χ1v) is 5.11. The van der Waals surface area contributed by atoms with Gasteiger partial charge >= 0.3 is 7.32 Å². The van der Waals surface area contributed by atoms with E-state index in [1.54, 1.807) is 24.3 Å². The molecule has 0 saturated carbocycles. The smallest absolute Gasteiger partial charge is 0.508 e. The van der Waals surface area contributed by atoms with Gasteiger partial charge in [-0.05, 0) is 35.4 Å². The fourth-order valence-corrected chi connectivity index (χ4v) is 1.31. The second-order valence-corrected chi connectivity index (χ2v) is 3.44. The molecule has 2 rings (SSSR count). The average molecular weight is 248 g/mol. The third kappa shape index (κ3) is 4.88. The number of hydrogen-bond acceptors (Lipinski definition) is 5. The zero-order valence-electron chi connectivity index (χ0n) is 9.43. The van der Waals surface area contributed by atoms with Crippen molar-refractivity contribution in [1.29, 1.82) is 0 Å². The molecule has 5 N–H and O–H groups in total. The third-order valence-electron chi connectivity index (χ3n) is 2.07. The second-order valence-electron chi connectivity index (χ2n) is 3.44. The van der Waals surface area contributed by atoms with Gasteiger partial charge in [0.2, 0.25) is 0 Å². The van der Waals surface area contributed by atoms with Gasteiger partial charge < -0.3 is 25.3 Å². The summed E-state index contributed by atoms with van der Waals surface area (Å²) in [5.41, 5.74) is 2.03. The molecule has 0 amide bonds. The lowest BCUT2D eigenvalue weighted by molar-refractivity contribution is 0.278. The molecule has 0 heterocycles. The Morgan fingerprint density at radius 2 is 0.778 bits per heavy atom. The van der Waals surface area contributed by atoms with E-state index < -0.39 is 7.32 Å². The Hall–Kier alpha value is -2.02. The van der Waals surface area contributed by atoms with Crippen LogP contribution in [0.1, 0.15) is 0 Å². The van der Waals surface area contributed by atoms with Crippen molar-refractivity contribution in [3.05, 3.63) is 48.5 Å². The van der Waals surface area contributed by atoms with Crippen LogP contribution in [0, 0.1) is 0 Å². The number of benzene rings is 2. The molecule has 2 aromatic carbocycles. The Morgan fingerprint density at radius 1 is 0.556 bits per heavy atom. The van der Waals surface area contributed by atoms with Gasteiger partial charge in [0.1, 0.15) is 11.5 Å². The summed E-state index contributed by atoms with van der Waals surface area (Å²) in [6.45, 7) is 0. The van der Waals surface area contributed by atoms with E-state index in [-0.39, 0.29) is 11.5 Å². The average Bonchev–Trinajstić information content (AvgIpc) is 2.31. The van der Waals surface area contributed by atoms with Crippen LogP contribution < -0.4 is 0 Å². The highest BCUT2D eigenvalue weighted by atomic mass is 16.5. The molecular formula is C12H13BO5. The topological polar surface area (TPSA) is 101 Å². The molecule has 18 heavy (non-hydrogen) atoms. The van der Waals surface area contributed by atoms with Crippen molar-refractivity contribution in [2.24, 2.45) is 0 Å². The van der Waals surface area contributed by atoms with Gasteiger partial charge in [0.25, 0.3) is 0 Å². The van der Waals surface area contributed by atoms with Crippen LogP contribution in [0.25, 0.3) is 11.1 Å². The maximum Gasteiger partial charge on any atom is 0.631 e. The second kappa shape index (κ2) is 6.66. The molecule has 0 saturated heterocycles. The molecule has 0 fully saturated rings. The first kappa shape index (κ1) is 14.0. The molecule has 2 aromatic rings. The Labute approximate surface area is 104 Å². The maximum absolute atomic E-state index is 9.11. The summed E-state index contributed by atoms with van der Waals surface area (Å²) in [6.07, 6.45) is 0. The summed E-state index contributed by atoms with van der Waals surface area (Å²) in [5.74, 6) is 0.514. The lowest BCUT2D eigenvalue weighted by Gasteiger charge is -2.01. The van der Waals surface area contributed by atoms with E-state index in [0.717, 1.165) is 11.1 Å². The quantitative estimate of drug-likeness (QED) is 0.478. The van der Waals surface area contributed by atoms with E-state index in [9.17, 15) is 0 Å². The van der Waals surface area contributed by atoms with Crippen LogP contribution in [-0.2, 0) is 0 Å². The lowest BCUT2D eigenvalue weighted by atomic mass is 10.1. The first-order valence-electron chi connectivity index (χ1n) is 5.11. The van der Waals surface area contributed by atoms with Gasteiger partial charge in [-0.1, -0.05) is 24.3 Å². The highest BCUT2D eigenvalue weighted by molar-refractivity contribution is 6.30. The van der Waals surface area contributed by atoms with Crippen LogP contribution in [0.3, 0.4) is 0 Å². The maximum atomic E-state index is 9.11. The van der Waals surface area contributed by atoms with Crippen molar-refractivity contribution in [1.82, 2.24) is 0 Å². The molecule has 6 heteroatoms. The van der Waals surface area contributed by atoms with Gasteiger partial charge in [0.15, 0.2) is 0 Å². The van der Waals surface area contributed by atoms with Gasteiger partial charge in [-0.25, -0.2) is 0 Å². The van der Waals surface area contributed by atoms with Gasteiger partial charge in [-0.3, -0.25) is 0 Å². The summed E-state index contributed by atoms with van der Waals surface area (Å²) in [7, 11) is -2.17. The van der Waals surface area contributed by atoms with Crippen LogP contribution in [-0.4, -0.2) is 32.6 Å². The van der Waals surface area contributed by atoms with Crippen molar-refractivity contribution in [2.45, 2.75) is 0 Å². The van der Waals surface area contributed by atoms with E-state index in [1.807, 2.05) is 24.3 Å². The van der Waals surface area contributed by atoms with Crippen molar-refractivity contribution < 1.29 is 25.3 Å². The molecule has 0 spiro atoms. The predicted octanol–water partition coefficient (Wildman–Crippen LogP) is 0.713. The number of aromatic hydroxyl groups is 2. The van der Waals surface area contributed by atoms with E-state index in [1.165, 1.54) is 0 Å². The largest absolute Gasteiger partial charge is 0.631 e. The predicted molar refractivity (Wildman–Crippen MR) is 67.6 cm³/mol. The number of phenols is 2. The summed E-state index contributed by atoms with van der Waals surface area (Å²) in [4.78, 5) is 0. The van der Waals surface area contributed by atoms with Crippen molar-refractivity contribution in [2.75, 3.05) is 0 Å². The molecule has 0 bridgehead atoms. The van der Waals surface area contributed by atoms with Gasteiger partial charge in [0, 0.05) is 0 Å². The Balaban J connectivity index is 0.000000357. The van der Waals surface area contributed by atoms with Crippen LogP contribution in [0.15, 0.2) is 48.5 Å². The summed E-state index contributed by atoms with van der Waals surface area (Å²) < 4.78 is 0. The zero-order chi connectivity index (χ0) is 13.5. The fraction of sp³-hybridized carbons (Fsp3) is 0. The van der Waals surface area contributed by atoms with E-state index >= 15 is 0 Å². The SMILES string of the molecule is OB(O)O.Oc1ccc(-c2ccc(O)cc2)cc1. The van der Waals surface area contributed by atoms with Crippen LogP contribution in [0.2, 0.25) is 0 Å². The standard InChI is InChI=1S/C12H10O2.BH3O3/c13-11-5-1-9(2-6-11)10-3-7-12(14)8-4-10;2-1(3)4/h1-8,13-14H;2-4H. The van der Waals surface area contributed by atoms with E-state index in [0.29, 0.717) is 0 Å². The van der Waals surface area contributed by atoms with Gasteiger partial charge in [0.05, 0.1) is 0 Å². The van der Waals surface area contributed by atoms with Crippen LogP contribution >= 0.6 is 0 Å². The van der Waals surface area contributed by atoms with Crippen molar-refractivity contribution in [3.8, 4) is 22.6 Å². The molecule has 0 aliphatic heterocycles. The molecule has 94 valence electrons. The molecular weight excluding hydrogens is 235 g/mol. The number of hydrogen-bond donors (Lipinski definition) is 5.